The standard InChI is InChI=1S/C21H30N2O5/c1-5-6-12-27-18(25)22-21-11-10-15(23(21)19(26)28-20(2,3)4)13-14-8-7-9-16(24)17(14)21/h7-9,15,24H,5-6,10-13H2,1-4H3,(H,22,25). The van der Waals surface area contributed by atoms with Crippen LogP contribution in [0.3, 0.4) is 0 Å². The van der Waals surface area contributed by atoms with Gasteiger partial charge < -0.3 is 14.6 Å². The first-order valence-electron chi connectivity index (χ1n) is 9.96. The number of hydrogen-bond acceptors (Lipinski definition) is 5. The lowest BCUT2D eigenvalue weighted by molar-refractivity contribution is -0.0158. The fourth-order valence-corrected chi connectivity index (χ4v) is 4.18. The van der Waals surface area contributed by atoms with Crippen molar-refractivity contribution in [3.63, 3.8) is 0 Å². The van der Waals surface area contributed by atoms with Gasteiger partial charge in [-0.15, -0.1) is 0 Å². The number of unbranched alkanes of at least 4 members (excludes halogenated alkanes) is 1. The molecule has 2 bridgehead atoms. The summed E-state index contributed by atoms with van der Waals surface area (Å²) in [5.74, 6) is 0.0558. The van der Waals surface area contributed by atoms with Gasteiger partial charge in [0, 0.05) is 11.6 Å². The van der Waals surface area contributed by atoms with Crippen molar-refractivity contribution in [2.45, 2.75) is 77.1 Å². The third-order valence-corrected chi connectivity index (χ3v) is 5.24. The van der Waals surface area contributed by atoms with E-state index < -0.39 is 23.5 Å². The summed E-state index contributed by atoms with van der Waals surface area (Å²) >= 11 is 0. The summed E-state index contributed by atoms with van der Waals surface area (Å²) < 4.78 is 10.9. The van der Waals surface area contributed by atoms with Crippen LogP contribution in [0.15, 0.2) is 18.2 Å². The van der Waals surface area contributed by atoms with Gasteiger partial charge in [-0.3, -0.25) is 10.2 Å². The summed E-state index contributed by atoms with van der Waals surface area (Å²) in [5, 5.41) is 13.5. The van der Waals surface area contributed by atoms with Crippen LogP contribution in [0.4, 0.5) is 9.59 Å². The third-order valence-electron chi connectivity index (χ3n) is 5.24. The topological polar surface area (TPSA) is 88.1 Å². The van der Waals surface area contributed by atoms with Gasteiger partial charge in [0.2, 0.25) is 0 Å². The summed E-state index contributed by atoms with van der Waals surface area (Å²) in [6, 6.07) is 5.18. The lowest BCUT2D eigenvalue weighted by Crippen LogP contribution is -2.62. The van der Waals surface area contributed by atoms with Gasteiger partial charge in [0.05, 0.1) is 6.61 Å². The molecule has 0 aromatic heterocycles. The average Bonchev–Trinajstić information content (AvgIpc) is 2.84. The molecular formula is C21H30N2O5. The molecule has 1 aromatic rings. The van der Waals surface area contributed by atoms with Crippen LogP contribution in [0.1, 0.15) is 64.5 Å². The van der Waals surface area contributed by atoms with Gasteiger partial charge in [-0.1, -0.05) is 25.5 Å². The molecule has 1 aromatic carbocycles. The molecule has 28 heavy (non-hydrogen) atoms. The predicted octanol–water partition coefficient (Wildman–Crippen LogP) is 4.03. The fourth-order valence-electron chi connectivity index (χ4n) is 4.18. The second-order valence-corrected chi connectivity index (χ2v) is 8.53. The molecule has 2 heterocycles. The molecule has 3 rings (SSSR count). The Bertz CT molecular complexity index is 758. The van der Waals surface area contributed by atoms with E-state index in [1.165, 1.54) is 0 Å². The molecule has 1 fully saturated rings. The molecule has 2 amide bonds. The highest BCUT2D eigenvalue weighted by molar-refractivity contribution is 5.76. The number of rotatable bonds is 4. The summed E-state index contributed by atoms with van der Waals surface area (Å²) in [7, 11) is 0. The SMILES string of the molecule is CCCCOC(=O)NC12CCC(Cc3cccc(O)c31)N2C(=O)OC(C)(C)C. The maximum atomic E-state index is 13.1. The van der Waals surface area contributed by atoms with E-state index in [0.29, 0.717) is 31.4 Å². The van der Waals surface area contributed by atoms with Crippen molar-refractivity contribution in [1.29, 1.82) is 0 Å². The Balaban J connectivity index is 1.99. The number of fused-ring (bicyclic) bond motifs is 4. The quantitative estimate of drug-likeness (QED) is 0.758. The van der Waals surface area contributed by atoms with Crippen LogP contribution in [0, 0.1) is 0 Å². The fraction of sp³-hybridized carbons (Fsp3) is 0.619. The van der Waals surface area contributed by atoms with E-state index in [0.717, 1.165) is 18.4 Å². The molecule has 154 valence electrons. The first kappa shape index (κ1) is 20.3. The van der Waals surface area contributed by atoms with Crippen LogP contribution >= 0.6 is 0 Å². The zero-order valence-corrected chi connectivity index (χ0v) is 17.1. The lowest BCUT2D eigenvalue weighted by atomic mass is 9.87. The van der Waals surface area contributed by atoms with Crippen molar-refractivity contribution < 1.29 is 24.2 Å². The minimum atomic E-state index is -1.17. The van der Waals surface area contributed by atoms with Gasteiger partial charge >= 0.3 is 12.2 Å². The second-order valence-electron chi connectivity index (χ2n) is 8.53. The first-order chi connectivity index (χ1) is 13.2. The summed E-state index contributed by atoms with van der Waals surface area (Å²) in [6.45, 7) is 7.74. The predicted molar refractivity (Wildman–Crippen MR) is 104 cm³/mol. The molecule has 2 aliphatic rings. The van der Waals surface area contributed by atoms with Crippen molar-refractivity contribution >= 4 is 12.2 Å². The number of amides is 2. The third kappa shape index (κ3) is 3.75. The molecule has 0 radical (unpaired) electrons. The molecule has 2 N–H and O–H groups in total. The number of phenols is 1. The molecule has 7 nitrogen and oxygen atoms in total. The monoisotopic (exact) mass is 390 g/mol. The van der Waals surface area contributed by atoms with Gasteiger partial charge in [0.1, 0.15) is 11.4 Å². The summed E-state index contributed by atoms with van der Waals surface area (Å²) in [6.07, 6.45) is 2.37. The second kappa shape index (κ2) is 7.53. The number of nitrogens with one attached hydrogen (secondary N) is 1. The van der Waals surface area contributed by atoms with E-state index in [-0.39, 0.29) is 11.8 Å². The van der Waals surface area contributed by atoms with E-state index in [2.05, 4.69) is 5.32 Å². The molecule has 0 saturated carbocycles. The number of carbonyl (C=O) groups is 2. The minimum Gasteiger partial charge on any atom is -0.507 e. The lowest BCUT2D eigenvalue weighted by Gasteiger charge is -2.46. The first-order valence-corrected chi connectivity index (χ1v) is 9.96. The molecule has 2 aliphatic heterocycles. The Morgan fingerprint density at radius 1 is 1.36 bits per heavy atom. The largest absolute Gasteiger partial charge is 0.507 e. The van der Waals surface area contributed by atoms with Crippen LogP contribution in [0.5, 0.6) is 5.75 Å². The maximum absolute atomic E-state index is 13.1. The number of alkyl carbamates (subject to hydrolysis) is 1. The highest BCUT2D eigenvalue weighted by Gasteiger charge is 2.57. The molecule has 0 spiro atoms. The van der Waals surface area contributed by atoms with Crippen LogP contribution in [0.2, 0.25) is 0 Å². The van der Waals surface area contributed by atoms with E-state index in [1.807, 2.05) is 13.0 Å². The van der Waals surface area contributed by atoms with Gasteiger partial charge in [-0.2, -0.15) is 0 Å². The Kier molecular flexibility index (Phi) is 5.46. The molecule has 0 aliphatic carbocycles. The normalized spacial score (nSPS) is 23.1. The Morgan fingerprint density at radius 2 is 2.11 bits per heavy atom. The smallest absolute Gasteiger partial charge is 0.412 e. The van der Waals surface area contributed by atoms with Gasteiger partial charge in [0.25, 0.3) is 0 Å². The summed E-state index contributed by atoms with van der Waals surface area (Å²) in [5.41, 5.74) is -0.355. The maximum Gasteiger partial charge on any atom is 0.412 e. The van der Waals surface area contributed by atoms with E-state index in [9.17, 15) is 14.7 Å². The number of ether oxygens (including phenoxy) is 2. The van der Waals surface area contributed by atoms with Crippen molar-refractivity contribution in [3.8, 4) is 5.75 Å². The van der Waals surface area contributed by atoms with E-state index in [1.54, 1.807) is 37.8 Å². The number of hydrogen-bond donors (Lipinski definition) is 2. The van der Waals surface area contributed by atoms with Gasteiger partial charge in [-0.05, 0) is 58.1 Å². The number of aromatic hydroxyl groups is 1. The van der Waals surface area contributed by atoms with Crippen LogP contribution in [0.25, 0.3) is 0 Å². The van der Waals surface area contributed by atoms with E-state index in [4.69, 9.17) is 9.47 Å². The van der Waals surface area contributed by atoms with Crippen LogP contribution < -0.4 is 5.32 Å². The number of phenolic OH excluding ortho intramolecular Hbond substituents is 1. The van der Waals surface area contributed by atoms with E-state index >= 15 is 0 Å². The number of carbonyl (C=O) groups excluding carboxylic acids is 2. The Morgan fingerprint density at radius 3 is 2.79 bits per heavy atom. The Labute approximate surface area is 166 Å². The van der Waals surface area contributed by atoms with Crippen LogP contribution in [-0.4, -0.2) is 40.4 Å². The molecule has 2 atom stereocenters. The molecular weight excluding hydrogens is 360 g/mol. The van der Waals surface area contributed by atoms with Crippen molar-refractivity contribution in [1.82, 2.24) is 10.2 Å². The molecule has 7 heteroatoms. The zero-order valence-electron chi connectivity index (χ0n) is 17.1. The average molecular weight is 390 g/mol. The van der Waals surface area contributed by atoms with Crippen molar-refractivity contribution in [3.05, 3.63) is 29.3 Å². The zero-order chi connectivity index (χ0) is 20.5. The highest BCUT2D eigenvalue weighted by Crippen LogP contribution is 2.50. The highest BCUT2D eigenvalue weighted by atomic mass is 16.6. The minimum absolute atomic E-state index is 0.0558. The molecule has 1 saturated heterocycles. The van der Waals surface area contributed by atoms with Gasteiger partial charge in [0.15, 0.2) is 5.66 Å². The van der Waals surface area contributed by atoms with Gasteiger partial charge in [-0.25, -0.2) is 9.59 Å². The molecule has 2 unspecified atom stereocenters. The van der Waals surface area contributed by atoms with Crippen LogP contribution in [-0.2, 0) is 21.6 Å². The Hall–Kier alpha value is -2.44. The van der Waals surface area contributed by atoms with Crippen molar-refractivity contribution in [2.75, 3.05) is 6.61 Å². The van der Waals surface area contributed by atoms with Crippen molar-refractivity contribution in [2.24, 2.45) is 0 Å². The summed E-state index contributed by atoms with van der Waals surface area (Å²) in [4.78, 5) is 27.2. The number of nitrogens with zero attached hydrogens (tertiary/aromatic N) is 1. The number of benzene rings is 1.